The Morgan fingerprint density at radius 1 is 1.14 bits per heavy atom. The van der Waals surface area contributed by atoms with E-state index in [-0.39, 0.29) is 0 Å². The van der Waals surface area contributed by atoms with Crippen LogP contribution in [0.5, 0.6) is 0 Å². The molecule has 2 aromatic rings. The fraction of sp³-hybridized carbons (Fsp3) is 0.333. The lowest BCUT2D eigenvalue weighted by atomic mass is 10.0. The van der Waals surface area contributed by atoms with Gasteiger partial charge in [-0.2, -0.15) is 0 Å². The molecule has 1 aromatic heterocycles. The van der Waals surface area contributed by atoms with Crippen molar-refractivity contribution in [2.24, 2.45) is 0 Å². The highest BCUT2D eigenvalue weighted by molar-refractivity contribution is 7.17. The molecule has 0 N–H and O–H groups in total. The molecule has 0 aliphatic rings. The maximum Gasteiger partial charge on any atom is 0.0591 e. The van der Waals surface area contributed by atoms with E-state index in [0.29, 0.717) is 0 Å². The minimum atomic E-state index is 0.891. The minimum absolute atomic E-state index is 0.891. The maximum atomic E-state index is 6.11. The van der Waals surface area contributed by atoms with Crippen molar-refractivity contribution in [3.63, 3.8) is 0 Å². The summed E-state index contributed by atoms with van der Waals surface area (Å²) < 4.78 is 1.31. The van der Waals surface area contributed by atoms with Crippen LogP contribution in [0, 0.1) is 0 Å². The third-order valence-electron chi connectivity index (χ3n) is 2.61. The van der Waals surface area contributed by atoms with Gasteiger partial charge in [-0.25, -0.2) is 0 Å². The lowest BCUT2D eigenvalue weighted by Gasteiger charge is -2.05. The average molecular weight is 225 g/mol. The number of aryl methyl sites for hydroxylation is 2. The van der Waals surface area contributed by atoms with Crippen LogP contribution in [0.15, 0.2) is 17.5 Å². The highest BCUT2D eigenvalue weighted by atomic mass is 35.5. The fourth-order valence-electron chi connectivity index (χ4n) is 1.79. The zero-order chi connectivity index (χ0) is 10.1. The zero-order valence-corrected chi connectivity index (χ0v) is 10.0. The van der Waals surface area contributed by atoms with Gasteiger partial charge in [-0.1, -0.05) is 25.4 Å². The van der Waals surface area contributed by atoms with E-state index in [4.69, 9.17) is 11.6 Å². The molecule has 14 heavy (non-hydrogen) atoms. The standard InChI is InChI=1S/C12H13ClS/c1-3-8-5-10-11(13)7-14-12(10)6-9(8)4-2/h5-7H,3-4H2,1-2H3. The van der Waals surface area contributed by atoms with Gasteiger partial charge in [-0.05, 0) is 36.1 Å². The van der Waals surface area contributed by atoms with Crippen molar-refractivity contribution >= 4 is 33.0 Å². The Morgan fingerprint density at radius 2 is 1.79 bits per heavy atom. The minimum Gasteiger partial charge on any atom is -0.142 e. The number of benzene rings is 1. The Bertz CT molecular complexity index is 457. The summed E-state index contributed by atoms with van der Waals surface area (Å²) in [6.07, 6.45) is 2.19. The molecule has 1 aromatic carbocycles. The van der Waals surface area contributed by atoms with Crippen LogP contribution in [-0.4, -0.2) is 0 Å². The number of thiophene rings is 1. The second kappa shape index (κ2) is 3.92. The molecule has 0 unspecified atom stereocenters. The number of halogens is 1. The van der Waals surface area contributed by atoms with E-state index in [1.165, 1.54) is 21.2 Å². The largest absolute Gasteiger partial charge is 0.142 e. The molecule has 0 aliphatic heterocycles. The molecule has 0 nitrogen and oxygen atoms in total. The molecule has 0 saturated carbocycles. The first kappa shape index (κ1) is 10.0. The zero-order valence-electron chi connectivity index (χ0n) is 8.43. The van der Waals surface area contributed by atoms with Crippen molar-refractivity contribution in [2.75, 3.05) is 0 Å². The van der Waals surface area contributed by atoms with Gasteiger partial charge in [0.1, 0.15) is 0 Å². The van der Waals surface area contributed by atoms with E-state index in [2.05, 4.69) is 26.0 Å². The predicted molar refractivity (Wildman–Crippen MR) is 65.6 cm³/mol. The molecular formula is C12H13ClS. The highest BCUT2D eigenvalue weighted by Gasteiger charge is 2.06. The van der Waals surface area contributed by atoms with Crippen molar-refractivity contribution in [3.05, 3.63) is 33.7 Å². The van der Waals surface area contributed by atoms with Gasteiger partial charge < -0.3 is 0 Å². The summed E-state index contributed by atoms with van der Waals surface area (Å²) in [5.41, 5.74) is 2.89. The van der Waals surface area contributed by atoms with Gasteiger partial charge in [-0.3, -0.25) is 0 Å². The second-order valence-corrected chi connectivity index (χ2v) is 4.73. The Labute approximate surface area is 93.5 Å². The second-order valence-electron chi connectivity index (χ2n) is 3.41. The Balaban J connectivity index is 2.71. The van der Waals surface area contributed by atoms with Crippen LogP contribution >= 0.6 is 22.9 Å². The van der Waals surface area contributed by atoms with Crippen LogP contribution < -0.4 is 0 Å². The monoisotopic (exact) mass is 224 g/mol. The molecule has 0 atom stereocenters. The number of hydrogen-bond donors (Lipinski definition) is 0. The Hall–Kier alpha value is -0.530. The topological polar surface area (TPSA) is 0 Å². The molecular weight excluding hydrogens is 212 g/mol. The van der Waals surface area contributed by atoms with Gasteiger partial charge in [0.15, 0.2) is 0 Å². The number of rotatable bonds is 2. The van der Waals surface area contributed by atoms with Crippen molar-refractivity contribution in [1.82, 2.24) is 0 Å². The third kappa shape index (κ3) is 1.55. The maximum absolute atomic E-state index is 6.11. The van der Waals surface area contributed by atoms with Gasteiger partial charge in [0.05, 0.1) is 5.02 Å². The van der Waals surface area contributed by atoms with E-state index in [0.717, 1.165) is 17.9 Å². The predicted octanol–water partition coefficient (Wildman–Crippen LogP) is 4.68. The summed E-state index contributed by atoms with van der Waals surface area (Å²) in [6.45, 7) is 4.40. The van der Waals surface area contributed by atoms with Crippen molar-refractivity contribution in [1.29, 1.82) is 0 Å². The summed E-state index contributed by atoms with van der Waals surface area (Å²) in [4.78, 5) is 0. The van der Waals surface area contributed by atoms with Crippen LogP contribution in [0.2, 0.25) is 5.02 Å². The molecule has 0 saturated heterocycles. The highest BCUT2D eigenvalue weighted by Crippen LogP contribution is 2.32. The van der Waals surface area contributed by atoms with Gasteiger partial charge >= 0.3 is 0 Å². The fourth-order valence-corrected chi connectivity index (χ4v) is 3.00. The number of fused-ring (bicyclic) bond motifs is 1. The molecule has 0 aliphatic carbocycles. The van der Waals surface area contributed by atoms with Crippen LogP contribution in [0.3, 0.4) is 0 Å². The lowest BCUT2D eigenvalue weighted by Crippen LogP contribution is -1.89. The molecule has 2 rings (SSSR count). The van der Waals surface area contributed by atoms with Gasteiger partial charge in [-0.15, -0.1) is 11.3 Å². The summed E-state index contributed by atoms with van der Waals surface area (Å²) in [5.74, 6) is 0. The Morgan fingerprint density at radius 3 is 2.43 bits per heavy atom. The van der Waals surface area contributed by atoms with Crippen molar-refractivity contribution < 1.29 is 0 Å². The molecule has 0 radical (unpaired) electrons. The van der Waals surface area contributed by atoms with Crippen LogP contribution in [0.4, 0.5) is 0 Å². The van der Waals surface area contributed by atoms with Gasteiger partial charge in [0.2, 0.25) is 0 Å². The summed E-state index contributed by atoms with van der Waals surface area (Å²) in [6, 6.07) is 4.53. The summed E-state index contributed by atoms with van der Waals surface area (Å²) in [7, 11) is 0. The summed E-state index contributed by atoms with van der Waals surface area (Å²) in [5, 5.41) is 4.12. The number of hydrogen-bond acceptors (Lipinski definition) is 1. The first-order valence-electron chi connectivity index (χ1n) is 4.94. The van der Waals surface area contributed by atoms with Crippen LogP contribution in [0.1, 0.15) is 25.0 Å². The van der Waals surface area contributed by atoms with E-state index in [1.807, 2.05) is 5.38 Å². The molecule has 0 amide bonds. The molecule has 1 heterocycles. The normalized spacial score (nSPS) is 11.1. The van der Waals surface area contributed by atoms with Gasteiger partial charge in [0, 0.05) is 15.5 Å². The SMILES string of the molecule is CCc1cc2scc(Cl)c2cc1CC. The first-order valence-corrected chi connectivity index (χ1v) is 6.20. The molecule has 0 spiro atoms. The van der Waals surface area contributed by atoms with Gasteiger partial charge in [0.25, 0.3) is 0 Å². The average Bonchev–Trinajstić information content (AvgIpc) is 2.58. The van der Waals surface area contributed by atoms with E-state index < -0.39 is 0 Å². The summed E-state index contributed by atoms with van der Waals surface area (Å²) >= 11 is 7.84. The Kier molecular flexibility index (Phi) is 2.80. The van der Waals surface area contributed by atoms with Crippen LogP contribution in [0.25, 0.3) is 10.1 Å². The van der Waals surface area contributed by atoms with Crippen molar-refractivity contribution in [3.8, 4) is 0 Å². The molecule has 2 heteroatoms. The molecule has 74 valence electrons. The van der Waals surface area contributed by atoms with Crippen molar-refractivity contribution in [2.45, 2.75) is 26.7 Å². The van der Waals surface area contributed by atoms with E-state index in [1.54, 1.807) is 11.3 Å². The first-order chi connectivity index (χ1) is 6.76. The third-order valence-corrected chi connectivity index (χ3v) is 4.00. The smallest absolute Gasteiger partial charge is 0.0591 e. The van der Waals surface area contributed by atoms with Crippen LogP contribution in [-0.2, 0) is 12.8 Å². The molecule has 0 bridgehead atoms. The van der Waals surface area contributed by atoms with E-state index in [9.17, 15) is 0 Å². The quantitative estimate of drug-likeness (QED) is 0.695. The van der Waals surface area contributed by atoms with E-state index >= 15 is 0 Å². The lowest BCUT2D eigenvalue weighted by molar-refractivity contribution is 1.04. The molecule has 0 fully saturated rings.